The molecule has 0 amide bonds. The van der Waals surface area contributed by atoms with E-state index in [0.29, 0.717) is 6.54 Å². The van der Waals surface area contributed by atoms with E-state index >= 15 is 0 Å². The smallest absolute Gasteiger partial charge is 0.330 e. The van der Waals surface area contributed by atoms with Crippen molar-refractivity contribution < 1.29 is 5.11 Å². The van der Waals surface area contributed by atoms with Gasteiger partial charge < -0.3 is 16.2 Å². The summed E-state index contributed by atoms with van der Waals surface area (Å²) in [6.45, 7) is 6.05. The van der Waals surface area contributed by atoms with Gasteiger partial charge in [0.25, 0.3) is 5.56 Å². The second-order valence-electron chi connectivity index (χ2n) is 4.46. The molecule has 1 aromatic rings. The number of H-pyrrole nitrogens is 1. The minimum Gasteiger partial charge on any atom is -0.391 e. The number of nitrogens with one attached hydrogen (secondary N) is 2. The van der Waals surface area contributed by atoms with Crippen LogP contribution >= 0.6 is 0 Å². The maximum atomic E-state index is 11.6. The molecule has 0 spiro atoms. The van der Waals surface area contributed by atoms with Crippen LogP contribution in [-0.2, 0) is 6.54 Å². The maximum Gasteiger partial charge on any atom is 0.330 e. The summed E-state index contributed by atoms with van der Waals surface area (Å²) in [4.78, 5) is 25.2. The molecule has 18 heavy (non-hydrogen) atoms. The first-order valence-corrected chi connectivity index (χ1v) is 5.93. The second kappa shape index (κ2) is 5.72. The van der Waals surface area contributed by atoms with Crippen molar-refractivity contribution in [2.75, 3.05) is 17.6 Å². The van der Waals surface area contributed by atoms with E-state index in [0.717, 1.165) is 0 Å². The predicted octanol–water partition coefficient (Wildman–Crippen LogP) is -0.432. The van der Waals surface area contributed by atoms with Crippen molar-refractivity contribution >= 4 is 11.5 Å². The maximum absolute atomic E-state index is 11.6. The van der Waals surface area contributed by atoms with Crippen LogP contribution in [0.15, 0.2) is 9.59 Å². The summed E-state index contributed by atoms with van der Waals surface area (Å²) in [6.07, 6.45) is -0.592. The molecule has 5 N–H and O–H groups in total. The number of aromatic amines is 1. The van der Waals surface area contributed by atoms with Crippen molar-refractivity contribution in [3.05, 3.63) is 20.8 Å². The van der Waals surface area contributed by atoms with E-state index in [-0.39, 0.29) is 24.0 Å². The summed E-state index contributed by atoms with van der Waals surface area (Å²) in [7, 11) is 0. The molecule has 0 aliphatic carbocycles. The van der Waals surface area contributed by atoms with Gasteiger partial charge in [-0.15, -0.1) is 0 Å². The van der Waals surface area contributed by atoms with Gasteiger partial charge in [-0.25, -0.2) is 4.79 Å². The number of nitrogen functional groups attached to an aromatic ring is 1. The van der Waals surface area contributed by atoms with Gasteiger partial charge in [0.05, 0.1) is 6.10 Å². The van der Waals surface area contributed by atoms with Gasteiger partial charge in [-0.3, -0.25) is 14.3 Å². The van der Waals surface area contributed by atoms with Gasteiger partial charge in [0, 0.05) is 13.1 Å². The second-order valence-corrected chi connectivity index (χ2v) is 4.46. The first kappa shape index (κ1) is 14.3. The monoisotopic (exact) mass is 256 g/mol. The zero-order valence-corrected chi connectivity index (χ0v) is 10.9. The third-order valence-electron chi connectivity index (χ3n) is 2.81. The van der Waals surface area contributed by atoms with E-state index in [1.54, 1.807) is 6.92 Å². The quantitative estimate of drug-likeness (QED) is 0.571. The molecule has 7 heteroatoms. The lowest BCUT2D eigenvalue weighted by Gasteiger charge is -2.17. The Balaban J connectivity index is 3.03. The van der Waals surface area contributed by atoms with Crippen molar-refractivity contribution in [2.24, 2.45) is 5.92 Å². The lowest BCUT2D eigenvalue weighted by atomic mass is 10.1. The van der Waals surface area contributed by atoms with Crippen molar-refractivity contribution in [1.82, 2.24) is 9.55 Å². The first-order chi connectivity index (χ1) is 8.38. The fourth-order valence-electron chi connectivity index (χ4n) is 1.51. The molecule has 0 aromatic carbocycles. The standard InChI is InChI=1S/C11H20N4O3/c1-4-15-9(12)8(10(17)14-11(15)18)13-5-7(16)6(2)3/h6-7,13,16H,4-5,12H2,1-3H3,(H,14,17,18). The lowest BCUT2D eigenvalue weighted by Crippen LogP contribution is -2.35. The van der Waals surface area contributed by atoms with Crippen LogP contribution in [0, 0.1) is 5.92 Å². The van der Waals surface area contributed by atoms with Crippen molar-refractivity contribution in [3.8, 4) is 0 Å². The zero-order chi connectivity index (χ0) is 13.9. The van der Waals surface area contributed by atoms with Crippen LogP contribution in [0.25, 0.3) is 0 Å². The Kier molecular flexibility index (Phi) is 4.55. The van der Waals surface area contributed by atoms with E-state index in [9.17, 15) is 14.7 Å². The van der Waals surface area contributed by atoms with E-state index in [2.05, 4.69) is 10.3 Å². The highest BCUT2D eigenvalue weighted by Crippen LogP contribution is 2.10. The molecule has 1 unspecified atom stereocenters. The summed E-state index contributed by atoms with van der Waals surface area (Å²) in [6, 6.07) is 0. The largest absolute Gasteiger partial charge is 0.391 e. The number of nitrogens with two attached hydrogens (primary N) is 1. The van der Waals surface area contributed by atoms with Gasteiger partial charge in [0.1, 0.15) is 11.5 Å². The van der Waals surface area contributed by atoms with Gasteiger partial charge in [0.2, 0.25) is 0 Å². The molecule has 0 saturated carbocycles. The normalized spacial score (nSPS) is 12.7. The highest BCUT2D eigenvalue weighted by molar-refractivity contribution is 5.60. The molecule has 0 saturated heterocycles. The number of nitrogens with zero attached hydrogens (tertiary/aromatic N) is 1. The number of aromatic nitrogens is 2. The number of anilines is 2. The Morgan fingerprint density at radius 1 is 1.44 bits per heavy atom. The average molecular weight is 256 g/mol. The molecule has 1 rings (SSSR count). The minimum absolute atomic E-state index is 0.0647. The molecule has 0 bridgehead atoms. The van der Waals surface area contributed by atoms with Crippen LogP contribution in [0.1, 0.15) is 20.8 Å². The fourth-order valence-corrected chi connectivity index (χ4v) is 1.51. The minimum atomic E-state index is -0.592. The average Bonchev–Trinajstić information content (AvgIpc) is 2.28. The van der Waals surface area contributed by atoms with Gasteiger partial charge in [-0.2, -0.15) is 0 Å². The highest BCUT2D eigenvalue weighted by atomic mass is 16.3. The summed E-state index contributed by atoms with van der Waals surface area (Å²) in [5.74, 6) is 0.150. The number of rotatable bonds is 5. The van der Waals surface area contributed by atoms with Crippen LogP contribution in [0.3, 0.4) is 0 Å². The van der Waals surface area contributed by atoms with Gasteiger partial charge in [-0.1, -0.05) is 13.8 Å². The first-order valence-electron chi connectivity index (χ1n) is 5.93. The Hall–Kier alpha value is -1.76. The summed E-state index contributed by atoms with van der Waals surface area (Å²) in [5, 5.41) is 12.5. The molecule has 1 aromatic heterocycles. The third kappa shape index (κ3) is 2.92. The van der Waals surface area contributed by atoms with E-state index < -0.39 is 17.4 Å². The SMILES string of the molecule is CCn1c(N)c(NCC(O)C(C)C)c(=O)[nH]c1=O. The number of hydrogen-bond donors (Lipinski definition) is 4. The number of hydrogen-bond acceptors (Lipinski definition) is 5. The molecule has 1 atom stereocenters. The van der Waals surface area contributed by atoms with Crippen LogP contribution < -0.4 is 22.3 Å². The van der Waals surface area contributed by atoms with Crippen LogP contribution in [0.2, 0.25) is 0 Å². The molecule has 7 nitrogen and oxygen atoms in total. The molecule has 0 radical (unpaired) electrons. The molecule has 0 aliphatic rings. The van der Waals surface area contributed by atoms with Gasteiger partial charge in [0.15, 0.2) is 0 Å². The molecule has 0 fully saturated rings. The Bertz CT molecular complexity index is 518. The zero-order valence-electron chi connectivity index (χ0n) is 10.9. The lowest BCUT2D eigenvalue weighted by molar-refractivity contribution is 0.138. The van der Waals surface area contributed by atoms with Gasteiger partial charge >= 0.3 is 5.69 Å². The Labute approximate surface area is 105 Å². The van der Waals surface area contributed by atoms with Crippen LogP contribution in [0.5, 0.6) is 0 Å². The van der Waals surface area contributed by atoms with Crippen LogP contribution in [0.4, 0.5) is 11.5 Å². The molecule has 102 valence electrons. The molecule has 0 aliphatic heterocycles. The molecule has 1 heterocycles. The molecular formula is C11H20N4O3. The highest BCUT2D eigenvalue weighted by Gasteiger charge is 2.14. The summed E-state index contributed by atoms with van der Waals surface area (Å²) < 4.78 is 1.26. The Morgan fingerprint density at radius 3 is 2.56 bits per heavy atom. The topological polar surface area (TPSA) is 113 Å². The third-order valence-corrected chi connectivity index (χ3v) is 2.81. The summed E-state index contributed by atoms with van der Waals surface area (Å²) >= 11 is 0. The number of aliphatic hydroxyl groups excluding tert-OH is 1. The summed E-state index contributed by atoms with van der Waals surface area (Å²) in [5.41, 5.74) is 4.77. The molecular weight excluding hydrogens is 236 g/mol. The Morgan fingerprint density at radius 2 is 2.06 bits per heavy atom. The van der Waals surface area contributed by atoms with E-state index in [4.69, 9.17) is 5.73 Å². The van der Waals surface area contributed by atoms with Crippen molar-refractivity contribution in [3.63, 3.8) is 0 Å². The van der Waals surface area contributed by atoms with Crippen LogP contribution in [-0.4, -0.2) is 27.3 Å². The van der Waals surface area contributed by atoms with Crippen molar-refractivity contribution in [2.45, 2.75) is 33.4 Å². The van der Waals surface area contributed by atoms with Crippen molar-refractivity contribution in [1.29, 1.82) is 0 Å². The van der Waals surface area contributed by atoms with E-state index in [1.807, 2.05) is 13.8 Å². The van der Waals surface area contributed by atoms with E-state index in [1.165, 1.54) is 4.57 Å². The van der Waals surface area contributed by atoms with Gasteiger partial charge in [-0.05, 0) is 12.8 Å². The fraction of sp³-hybridized carbons (Fsp3) is 0.636. The predicted molar refractivity (Wildman–Crippen MR) is 70.7 cm³/mol. The number of aliphatic hydroxyl groups is 1.